The molecule has 0 N–H and O–H groups in total. The van der Waals surface area contributed by atoms with Gasteiger partial charge < -0.3 is 4.74 Å². The third-order valence-electron chi connectivity index (χ3n) is 3.28. The number of nitrogens with zero attached hydrogens (tertiary/aromatic N) is 1. The van der Waals surface area contributed by atoms with Crippen molar-refractivity contribution in [2.45, 2.75) is 6.92 Å². The molecule has 0 spiro atoms. The Kier molecular flexibility index (Phi) is 4.53. The van der Waals surface area contributed by atoms with Crippen molar-refractivity contribution in [1.82, 2.24) is 0 Å². The van der Waals surface area contributed by atoms with E-state index in [2.05, 4.69) is 20.9 Å². The molecule has 0 bridgehead atoms. The molecule has 0 radical (unpaired) electrons. The van der Waals surface area contributed by atoms with E-state index < -0.39 is 5.97 Å². The van der Waals surface area contributed by atoms with Crippen LogP contribution in [0.5, 0.6) is 0 Å². The first-order chi connectivity index (χ1) is 11.1. The van der Waals surface area contributed by atoms with E-state index in [1.807, 2.05) is 67.6 Å². The van der Waals surface area contributed by atoms with Crippen molar-refractivity contribution in [2.75, 3.05) is 0 Å². The molecule has 3 nitrogen and oxygen atoms in total. The molecule has 2 aromatic carbocycles. The average molecular weight is 368 g/mol. The molecule has 0 aromatic heterocycles. The minimum Gasteiger partial charge on any atom is -0.402 e. The zero-order valence-electron chi connectivity index (χ0n) is 12.5. The van der Waals surface area contributed by atoms with Crippen molar-refractivity contribution in [2.24, 2.45) is 4.99 Å². The van der Waals surface area contributed by atoms with Gasteiger partial charge in [-0.3, -0.25) is 0 Å². The van der Waals surface area contributed by atoms with Crippen LogP contribution in [0.4, 0.5) is 0 Å². The molecule has 3 rings (SSSR count). The first-order valence-corrected chi connectivity index (χ1v) is 7.93. The van der Waals surface area contributed by atoms with Crippen molar-refractivity contribution in [3.8, 4) is 0 Å². The molecule has 1 heterocycles. The van der Waals surface area contributed by atoms with E-state index >= 15 is 0 Å². The highest BCUT2D eigenvalue weighted by molar-refractivity contribution is 9.10. The number of hydrogen-bond acceptors (Lipinski definition) is 3. The van der Waals surface area contributed by atoms with Gasteiger partial charge >= 0.3 is 5.97 Å². The quantitative estimate of drug-likeness (QED) is 0.580. The largest absolute Gasteiger partial charge is 0.402 e. The molecule has 0 saturated carbocycles. The van der Waals surface area contributed by atoms with Crippen molar-refractivity contribution < 1.29 is 9.53 Å². The molecule has 0 fully saturated rings. The van der Waals surface area contributed by atoms with Crippen molar-refractivity contribution >= 4 is 33.9 Å². The van der Waals surface area contributed by atoms with Crippen LogP contribution in [0, 0.1) is 0 Å². The molecule has 1 aliphatic heterocycles. The molecular formula is C19H14BrNO2. The van der Waals surface area contributed by atoms with Crippen LogP contribution in [0.2, 0.25) is 0 Å². The number of aliphatic imine (C=N–C) groups is 1. The Morgan fingerprint density at radius 1 is 1.09 bits per heavy atom. The van der Waals surface area contributed by atoms with E-state index in [1.54, 1.807) is 6.08 Å². The van der Waals surface area contributed by atoms with E-state index in [0.717, 1.165) is 21.2 Å². The second-order valence-electron chi connectivity index (χ2n) is 5.11. The van der Waals surface area contributed by atoms with Gasteiger partial charge in [-0.1, -0.05) is 48.5 Å². The van der Waals surface area contributed by atoms with E-state index in [9.17, 15) is 4.79 Å². The Labute approximate surface area is 143 Å². The summed E-state index contributed by atoms with van der Waals surface area (Å²) in [5.41, 5.74) is 3.07. The van der Waals surface area contributed by atoms with Gasteiger partial charge in [0.25, 0.3) is 0 Å². The van der Waals surface area contributed by atoms with Gasteiger partial charge in [0.1, 0.15) is 0 Å². The normalized spacial score (nSPS) is 16.4. The molecule has 0 saturated heterocycles. The first kappa shape index (κ1) is 15.4. The number of carbonyl (C=O) groups excluding carboxylic acids is 1. The van der Waals surface area contributed by atoms with Gasteiger partial charge in [-0.05, 0) is 52.2 Å². The molecule has 0 atom stereocenters. The minimum absolute atomic E-state index is 0.306. The van der Waals surface area contributed by atoms with Crippen LogP contribution >= 0.6 is 15.9 Å². The Balaban J connectivity index is 1.89. The summed E-state index contributed by atoms with van der Waals surface area (Å²) in [5, 5.41) is 0. The lowest BCUT2D eigenvalue weighted by Gasteiger charge is -2.01. The van der Waals surface area contributed by atoms with Crippen LogP contribution in [-0.2, 0) is 9.53 Å². The van der Waals surface area contributed by atoms with Crippen molar-refractivity contribution in [1.29, 1.82) is 0 Å². The minimum atomic E-state index is -0.434. The molecule has 1 aliphatic rings. The molecule has 2 aromatic rings. The lowest BCUT2D eigenvalue weighted by molar-refractivity contribution is -0.130. The number of allylic oxidation sites excluding steroid dienone is 2. The van der Waals surface area contributed by atoms with E-state index in [4.69, 9.17) is 4.74 Å². The number of hydrogen-bond donors (Lipinski definition) is 0. The van der Waals surface area contributed by atoms with Gasteiger partial charge in [0, 0.05) is 4.47 Å². The van der Waals surface area contributed by atoms with Gasteiger partial charge in [0.05, 0.1) is 5.56 Å². The molecule has 114 valence electrons. The van der Waals surface area contributed by atoms with Gasteiger partial charge in [-0.2, -0.15) is 0 Å². The molecule has 0 aliphatic carbocycles. The Hall–Kier alpha value is -2.46. The third-order valence-corrected chi connectivity index (χ3v) is 3.97. The standard InChI is InChI=1S/C19H14BrNO2/c1-13(11-14-7-3-2-4-8-14)12-17-19(22)23-18(21-17)15-9-5-6-10-16(15)20/h2-12H,1H3. The van der Waals surface area contributed by atoms with E-state index in [1.165, 1.54) is 0 Å². The van der Waals surface area contributed by atoms with Crippen LogP contribution < -0.4 is 0 Å². The molecule has 4 heteroatoms. The summed E-state index contributed by atoms with van der Waals surface area (Å²) in [7, 11) is 0. The van der Waals surface area contributed by atoms with E-state index in [-0.39, 0.29) is 0 Å². The highest BCUT2D eigenvalue weighted by atomic mass is 79.9. The average Bonchev–Trinajstić information content (AvgIpc) is 2.89. The maximum Gasteiger partial charge on any atom is 0.363 e. The van der Waals surface area contributed by atoms with Crippen molar-refractivity contribution in [3.05, 3.63) is 87.5 Å². The fourth-order valence-corrected chi connectivity index (χ4v) is 2.68. The van der Waals surface area contributed by atoms with E-state index in [0.29, 0.717) is 11.6 Å². The predicted octanol–water partition coefficient (Wildman–Crippen LogP) is 4.74. The van der Waals surface area contributed by atoms with Crippen LogP contribution in [0.25, 0.3) is 6.08 Å². The van der Waals surface area contributed by atoms with Crippen LogP contribution in [-0.4, -0.2) is 11.9 Å². The Bertz CT molecular complexity index is 835. The summed E-state index contributed by atoms with van der Waals surface area (Å²) in [4.78, 5) is 16.3. The van der Waals surface area contributed by atoms with Crippen LogP contribution in [0.15, 0.2) is 81.4 Å². The molecule has 23 heavy (non-hydrogen) atoms. The second kappa shape index (κ2) is 6.75. The molecule has 0 unspecified atom stereocenters. The van der Waals surface area contributed by atoms with Crippen LogP contribution in [0.3, 0.4) is 0 Å². The van der Waals surface area contributed by atoms with Gasteiger partial charge in [-0.25, -0.2) is 9.79 Å². The summed E-state index contributed by atoms with van der Waals surface area (Å²) in [6.07, 6.45) is 3.73. The SMILES string of the molecule is CC(=Cc1ccccc1)C=C1N=C(c2ccccc2Br)OC1=O. The summed E-state index contributed by atoms with van der Waals surface area (Å²) in [6, 6.07) is 17.4. The Morgan fingerprint density at radius 2 is 1.78 bits per heavy atom. The van der Waals surface area contributed by atoms with Crippen LogP contribution in [0.1, 0.15) is 18.1 Å². The summed E-state index contributed by atoms with van der Waals surface area (Å²) in [6.45, 7) is 1.93. The van der Waals surface area contributed by atoms with Gasteiger partial charge in [0.2, 0.25) is 5.90 Å². The number of halogens is 1. The zero-order valence-corrected chi connectivity index (χ0v) is 14.1. The van der Waals surface area contributed by atoms with Gasteiger partial charge in [-0.15, -0.1) is 0 Å². The number of cyclic esters (lactones) is 1. The molecule has 0 amide bonds. The highest BCUT2D eigenvalue weighted by Gasteiger charge is 2.25. The highest BCUT2D eigenvalue weighted by Crippen LogP contribution is 2.23. The van der Waals surface area contributed by atoms with Crippen molar-refractivity contribution in [3.63, 3.8) is 0 Å². The third kappa shape index (κ3) is 3.66. The number of esters is 1. The lowest BCUT2D eigenvalue weighted by Crippen LogP contribution is -2.05. The Morgan fingerprint density at radius 3 is 2.52 bits per heavy atom. The number of ether oxygens (including phenoxy) is 1. The monoisotopic (exact) mass is 367 g/mol. The fourth-order valence-electron chi connectivity index (χ4n) is 2.23. The predicted molar refractivity (Wildman–Crippen MR) is 94.9 cm³/mol. The summed E-state index contributed by atoms with van der Waals surface area (Å²) in [5.74, 6) is -0.113. The summed E-state index contributed by atoms with van der Waals surface area (Å²) < 4.78 is 6.11. The molecular weight excluding hydrogens is 354 g/mol. The smallest absolute Gasteiger partial charge is 0.363 e. The maximum atomic E-state index is 12.0. The lowest BCUT2D eigenvalue weighted by atomic mass is 10.1. The number of rotatable bonds is 3. The zero-order chi connectivity index (χ0) is 16.2. The topological polar surface area (TPSA) is 38.7 Å². The fraction of sp³-hybridized carbons (Fsp3) is 0.0526. The first-order valence-electron chi connectivity index (χ1n) is 7.14. The summed E-state index contributed by atoms with van der Waals surface area (Å²) >= 11 is 3.44. The van der Waals surface area contributed by atoms with Gasteiger partial charge in [0.15, 0.2) is 5.70 Å². The maximum absolute atomic E-state index is 12.0. The number of benzene rings is 2. The second-order valence-corrected chi connectivity index (χ2v) is 5.97. The number of carbonyl (C=O) groups is 1.